The van der Waals surface area contributed by atoms with E-state index in [0.29, 0.717) is 35.1 Å². The molecule has 1 aromatic carbocycles. The fourth-order valence-corrected chi connectivity index (χ4v) is 2.43. The van der Waals surface area contributed by atoms with Crippen molar-refractivity contribution >= 4 is 11.8 Å². The average Bonchev–Trinajstić information content (AvgIpc) is 2.37. The molecule has 0 atom stereocenters. The molecule has 3 N–H and O–H groups in total. The molecule has 0 fully saturated rings. The highest BCUT2D eigenvalue weighted by molar-refractivity contribution is 7.98. The van der Waals surface area contributed by atoms with Gasteiger partial charge in [-0.2, -0.15) is 0 Å². The van der Waals surface area contributed by atoms with Gasteiger partial charge in [0.1, 0.15) is 11.6 Å². The van der Waals surface area contributed by atoms with Crippen LogP contribution in [0.2, 0.25) is 0 Å². The number of hydrogen-bond donors (Lipinski definition) is 2. The lowest BCUT2D eigenvalue weighted by atomic mass is 10.3. The molecule has 4 nitrogen and oxygen atoms in total. The predicted octanol–water partition coefficient (Wildman–Crippen LogP) is 1.70. The number of H-pyrrole nitrogens is 1. The molecule has 0 saturated heterocycles. The molecule has 6 heteroatoms. The van der Waals surface area contributed by atoms with Crippen LogP contribution >= 0.6 is 11.8 Å². The highest BCUT2D eigenvalue weighted by atomic mass is 32.2. The first kappa shape index (κ1) is 13.8. The number of thioether (sulfide) groups is 1. The molecular formula is C13H14FN3OS. The van der Waals surface area contributed by atoms with E-state index in [0.717, 1.165) is 0 Å². The molecule has 0 aliphatic rings. The van der Waals surface area contributed by atoms with E-state index in [2.05, 4.69) is 9.97 Å². The zero-order chi connectivity index (χ0) is 13.7. The van der Waals surface area contributed by atoms with Crippen LogP contribution in [0.5, 0.6) is 0 Å². The topological polar surface area (TPSA) is 71.8 Å². The van der Waals surface area contributed by atoms with Crippen LogP contribution in [0, 0.1) is 5.82 Å². The second-order valence-electron chi connectivity index (χ2n) is 3.94. The van der Waals surface area contributed by atoms with Crippen LogP contribution < -0.4 is 11.3 Å². The van der Waals surface area contributed by atoms with Gasteiger partial charge in [-0.3, -0.25) is 4.79 Å². The third kappa shape index (κ3) is 3.90. The minimum atomic E-state index is -0.270. The molecular weight excluding hydrogens is 265 g/mol. The maximum absolute atomic E-state index is 13.4. The maximum Gasteiger partial charge on any atom is 0.251 e. The van der Waals surface area contributed by atoms with Gasteiger partial charge in [-0.05, 0) is 18.7 Å². The Balaban J connectivity index is 2.11. The van der Waals surface area contributed by atoms with Gasteiger partial charge in [0.25, 0.3) is 5.56 Å². The van der Waals surface area contributed by atoms with E-state index in [9.17, 15) is 9.18 Å². The van der Waals surface area contributed by atoms with Crippen LogP contribution in [-0.2, 0) is 12.2 Å². The zero-order valence-corrected chi connectivity index (χ0v) is 11.0. The zero-order valence-electron chi connectivity index (χ0n) is 10.2. The second kappa shape index (κ2) is 6.49. The fraction of sp³-hybridized carbons (Fsp3) is 0.231. The van der Waals surface area contributed by atoms with E-state index in [1.807, 2.05) is 0 Å². The molecule has 0 aliphatic heterocycles. The molecule has 1 aromatic heterocycles. The molecule has 0 saturated carbocycles. The number of rotatable bonds is 5. The van der Waals surface area contributed by atoms with E-state index in [1.165, 1.54) is 23.9 Å². The summed E-state index contributed by atoms with van der Waals surface area (Å²) >= 11 is 1.30. The van der Waals surface area contributed by atoms with E-state index in [4.69, 9.17) is 5.73 Å². The summed E-state index contributed by atoms with van der Waals surface area (Å²) in [7, 11) is 0. The number of nitrogens with zero attached hydrogens (tertiary/aromatic N) is 1. The Morgan fingerprint density at radius 1 is 1.37 bits per heavy atom. The lowest BCUT2D eigenvalue weighted by Crippen LogP contribution is -2.14. The summed E-state index contributed by atoms with van der Waals surface area (Å²) in [5.74, 6) is 0.673. The third-order valence-corrected chi connectivity index (χ3v) is 3.51. The Labute approximate surface area is 114 Å². The minimum Gasteiger partial charge on any atom is -0.330 e. The fourth-order valence-electron chi connectivity index (χ4n) is 1.62. The average molecular weight is 279 g/mol. The Hall–Kier alpha value is -1.66. The van der Waals surface area contributed by atoms with Crippen molar-refractivity contribution in [1.29, 1.82) is 0 Å². The Morgan fingerprint density at radius 3 is 2.89 bits per heavy atom. The molecule has 2 rings (SSSR count). The van der Waals surface area contributed by atoms with Crippen molar-refractivity contribution in [2.75, 3.05) is 6.54 Å². The van der Waals surface area contributed by atoms with Gasteiger partial charge in [0.2, 0.25) is 0 Å². The van der Waals surface area contributed by atoms with E-state index >= 15 is 0 Å². The monoisotopic (exact) mass is 279 g/mol. The lowest BCUT2D eigenvalue weighted by Gasteiger charge is -2.04. The van der Waals surface area contributed by atoms with Gasteiger partial charge >= 0.3 is 0 Å². The van der Waals surface area contributed by atoms with Crippen molar-refractivity contribution in [3.63, 3.8) is 0 Å². The summed E-state index contributed by atoms with van der Waals surface area (Å²) in [5.41, 5.74) is 5.89. The molecule has 19 heavy (non-hydrogen) atoms. The van der Waals surface area contributed by atoms with Crippen LogP contribution in [0.15, 0.2) is 40.0 Å². The predicted molar refractivity (Wildman–Crippen MR) is 73.6 cm³/mol. The van der Waals surface area contributed by atoms with Crippen molar-refractivity contribution in [1.82, 2.24) is 9.97 Å². The molecule has 0 radical (unpaired) electrons. The molecule has 1 heterocycles. The molecule has 100 valence electrons. The number of aromatic nitrogens is 2. The van der Waals surface area contributed by atoms with Gasteiger partial charge < -0.3 is 10.7 Å². The summed E-state index contributed by atoms with van der Waals surface area (Å²) in [6.45, 7) is 0.441. The van der Waals surface area contributed by atoms with Crippen molar-refractivity contribution < 1.29 is 4.39 Å². The number of nitrogens with one attached hydrogen (secondary N) is 1. The first-order valence-corrected chi connectivity index (χ1v) is 6.84. The van der Waals surface area contributed by atoms with Gasteiger partial charge in [0.05, 0.1) is 5.75 Å². The maximum atomic E-state index is 13.4. The number of hydrogen-bond acceptors (Lipinski definition) is 4. The number of halogens is 1. The van der Waals surface area contributed by atoms with E-state index in [-0.39, 0.29) is 11.4 Å². The van der Waals surface area contributed by atoms with E-state index < -0.39 is 0 Å². The van der Waals surface area contributed by atoms with Crippen molar-refractivity contribution in [2.45, 2.75) is 17.1 Å². The van der Waals surface area contributed by atoms with Gasteiger partial charge in [0, 0.05) is 23.1 Å². The van der Waals surface area contributed by atoms with Crippen molar-refractivity contribution in [3.05, 3.63) is 58.0 Å². The van der Waals surface area contributed by atoms with Crippen LogP contribution in [0.3, 0.4) is 0 Å². The van der Waals surface area contributed by atoms with Crippen LogP contribution in [0.25, 0.3) is 0 Å². The first-order chi connectivity index (χ1) is 9.19. The summed E-state index contributed by atoms with van der Waals surface area (Å²) in [6.07, 6.45) is 0.557. The molecule has 0 spiro atoms. The smallest absolute Gasteiger partial charge is 0.251 e. The number of nitrogens with two attached hydrogens (primary N) is 1. The summed E-state index contributed by atoms with van der Waals surface area (Å²) < 4.78 is 13.4. The molecule has 2 aromatic rings. The normalized spacial score (nSPS) is 10.6. The molecule has 0 unspecified atom stereocenters. The quantitative estimate of drug-likeness (QED) is 0.817. The lowest BCUT2D eigenvalue weighted by molar-refractivity contribution is 0.602. The SMILES string of the molecule is NCCc1cc(=O)[nH]c(CSc2ccccc2F)n1. The third-order valence-electron chi connectivity index (χ3n) is 2.45. The Morgan fingerprint density at radius 2 is 2.16 bits per heavy atom. The number of benzene rings is 1. The minimum absolute atomic E-state index is 0.206. The van der Waals surface area contributed by atoms with Gasteiger partial charge in [0.15, 0.2) is 0 Å². The van der Waals surface area contributed by atoms with Crippen molar-refractivity contribution in [2.24, 2.45) is 5.73 Å². The van der Waals surface area contributed by atoms with Gasteiger partial charge in [-0.1, -0.05) is 12.1 Å². The number of aromatic amines is 1. The molecule has 0 bridgehead atoms. The van der Waals surface area contributed by atoms with Crippen LogP contribution in [0.4, 0.5) is 4.39 Å². The van der Waals surface area contributed by atoms with E-state index in [1.54, 1.807) is 18.2 Å². The molecule has 0 amide bonds. The summed E-state index contributed by atoms with van der Waals surface area (Å²) in [4.78, 5) is 18.9. The van der Waals surface area contributed by atoms with Crippen LogP contribution in [0.1, 0.15) is 11.5 Å². The van der Waals surface area contributed by atoms with Gasteiger partial charge in [-0.15, -0.1) is 11.8 Å². The summed E-state index contributed by atoms with van der Waals surface area (Å²) in [6, 6.07) is 7.95. The first-order valence-electron chi connectivity index (χ1n) is 5.85. The Kier molecular flexibility index (Phi) is 4.70. The second-order valence-corrected chi connectivity index (χ2v) is 4.96. The largest absolute Gasteiger partial charge is 0.330 e. The van der Waals surface area contributed by atoms with Crippen LogP contribution in [-0.4, -0.2) is 16.5 Å². The highest BCUT2D eigenvalue weighted by Crippen LogP contribution is 2.23. The Bertz CT molecular complexity index is 615. The van der Waals surface area contributed by atoms with Crippen molar-refractivity contribution in [3.8, 4) is 0 Å². The molecule has 0 aliphatic carbocycles. The summed E-state index contributed by atoms with van der Waals surface area (Å²) in [5, 5.41) is 0. The standard InChI is InChI=1S/C13H14FN3OS/c14-10-3-1-2-4-11(10)19-8-12-16-9(5-6-15)7-13(18)17-12/h1-4,7H,5-6,8,15H2,(H,16,17,18). The highest BCUT2D eigenvalue weighted by Gasteiger charge is 2.05. The van der Waals surface area contributed by atoms with Gasteiger partial charge in [-0.25, -0.2) is 9.37 Å².